The number of rotatable bonds is 4. The molecule has 1 fully saturated rings. The predicted octanol–water partition coefficient (Wildman–Crippen LogP) is 5.74. The van der Waals surface area contributed by atoms with E-state index in [0.29, 0.717) is 30.8 Å². The molecule has 0 bridgehead atoms. The summed E-state index contributed by atoms with van der Waals surface area (Å²) in [6.07, 6.45) is 0.227. The van der Waals surface area contributed by atoms with Crippen molar-refractivity contribution in [2.24, 2.45) is 0 Å². The van der Waals surface area contributed by atoms with Crippen LogP contribution in [0, 0.1) is 0 Å². The number of hydrogen-bond acceptors (Lipinski definition) is 6. The van der Waals surface area contributed by atoms with Crippen molar-refractivity contribution in [3.8, 4) is 16.9 Å². The molecule has 1 aliphatic rings. The first-order valence-corrected chi connectivity index (χ1v) is 11.5. The van der Waals surface area contributed by atoms with Gasteiger partial charge >= 0.3 is 12.1 Å². The maximum atomic E-state index is 12.4. The molecule has 0 aliphatic carbocycles. The second-order valence-corrected chi connectivity index (χ2v) is 9.78. The second kappa shape index (κ2) is 8.82. The van der Waals surface area contributed by atoms with Gasteiger partial charge in [-0.25, -0.2) is 9.59 Å². The molecule has 0 radical (unpaired) electrons. The van der Waals surface area contributed by atoms with E-state index in [9.17, 15) is 9.59 Å². The van der Waals surface area contributed by atoms with Gasteiger partial charge in [-0.1, -0.05) is 12.1 Å². The number of carbonyl (C=O) groups excluding carboxylic acids is 2. The highest BCUT2D eigenvalue weighted by atomic mass is 32.1. The third kappa shape index (κ3) is 4.88. The quantitative estimate of drug-likeness (QED) is 0.471. The van der Waals surface area contributed by atoms with Crippen LogP contribution in [-0.2, 0) is 9.47 Å². The molecule has 0 spiro atoms. The number of ether oxygens (including phenoxy) is 3. The summed E-state index contributed by atoms with van der Waals surface area (Å²) in [5.41, 5.74) is 1.71. The Labute approximate surface area is 191 Å². The van der Waals surface area contributed by atoms with Gasteiger partial charge in [-0.05, 0) is 67.4 Å². The van der Waals surface area contributed by atoms with Crippen LogP contribution in [0.15, 0.2) is 47.8 Å². The van der Waals surface area contributed by atoms with Gasteiger partial charge in [-0.2, -0.15) is 0 Å². The standard InChI is InChI=1S/C25H27NO5S/c1-25(2,3)31-24(28)26-11-9-19(15-26)30-21-8-7-18(23(27)29-4)13-20(21)17-6-5-16-10-12-32-22(16)14-17/h5-8,10,12-14,19H,9,11,15H2,1-4H3/t19-/m0/s1. The fraction of sp³-hybridized carbons (Fsp3) is 0.360. The largest absolute Gasteiger partial charge is 0.488 e. The van der Waals surface area contributed by atoms with E-state index >= 15 is 0 Å². The molecule has 1 aliphatic heterocycles. The van der Waals surface area contributed by atoms with Gasteiger partial charge in [0.25, 0.3) is 0 Å². The van der Waals surface area contributed by atoms with E-state index in [1.807, 2.05) is 26.8 Å². The van der Waals surface area contributed by atoms with Crippen molar-refractivity contribution in [3.63, 3.8) is 0 Å². The number of benzene rings is 2. The number of methoxy groups -OCH3 is 1. The summed E-state index contributed by atoms with van der Waals surface area (Å²) in [7, 11) is 1.37. The number of fused-ring (bicyclic) bond motifs is 1. The zero-order valence-electron chi connectivity index (χ0n) is 18.7. The first-order chi connectivity index (χ1) is 15.2. The minimum Gasteiger partial charge on any atom is -0.488 e. The van der Waals surface area contributed by atoms with Crippen molar-refractivity contribution in [2.45, 2.75) is 38.9 Å². The fourth-order valence-electron chi connectivity index (χ4n) is 3.72. The zero-order valence-corrected chi connectivity index (χ0v) is 19.5. The summed E-state index contributed by atoms with van der Waals surface area (Å²) in [5.74, 6) is 0.275. The smallest absolute Gasteiger partial charge is 0.410 e. The summed E-state index contributed by atoms with van der Waals surface area (Å²) < 4.78 is 17.9. The van der Waals surface area contributed by atoms with Crippen molar-refractivity contribution in [3.05, 3.63) is 53.4 Å². The molecule has 1 saturated heterocycles. The minimum absolute atomic E-state index is 0.157. The summed E-state index contributed by atoms with van der Waals surface area (Å²) in [5, 5.41) is 3.23. The number of carbonyl (C=O) groups is 2. The van der Waals surface area contributed by atoms with Crippen LogP contribution in [0.4, 0.5) is 4.79 Å². The van der Waals surface area contributed by atoms with Crippen LogP contribution in [0.25, 0.3) is 21.2 Å². The van der Waals surface area contributed by atoms with Gasteiger partial charge in [-0.15, -0.1) is 11.3 Å². The fourth-order valence-corrected chi connectivity index (χ4v) is 4.55. The second-order valence-electron chi connectivity index (χ2n) is 8.83. The molecule has 1 amide bonds. The first-order valence-electron chi connectivity index (χ1n) is 10.6. The van der Waals surface area contributed by atoms with E-state index in [-0.39, 0.29) is 12.2 Å². The third-order valence-corrected chi connectivity index (χ3v) is 6.14. The lowest BCUT2D eigenvalue weighted by Gasteiger charge is -2.24. The number of hydrogen-bond donors (Lipinski definition) is 0. The first kappa shape index (κ1) is 22.1. The molecule has 32 heavy (non-hydrogen) atoms. The molecule has 168 valence electrons. The average Bonchev–Trinajstić information content (AvgIpc) is 3.41. The van der Waals surface area contributed by atoms with Crippen LogP contribution >= 0.6 is 11.3 Å². The Bertz CT molecular complexity index is 1150. The van der Waals surface area contributed by atoms with Crippen LogP contribution in [0.1, 0.15) is 37.6 Å². The Kier molecular flexibility index (Phi) is 6.11. The molecule has 7 heteroatoms. The molecule has 3 aromatic rings. The van der Waals surface area contributed by atoms with Crippen LogP contribution < -0.4 is 4.74 Å². The Balaban J connectivity index is 1.59. The van der Waals surface area contributed by atoms with E-state index in [0.717, 1.165) is 15.8 Å². The van der Waals surface area contributed by atoms with Gasteiger partial charge in [0, 0.05) is 23.2 Å². The summed E-state index contributed by atoms with van der Waals surface area (Å²) in [6.45, 7) is 6.60. The molecule has 6 nitrogen and oxygen atoms in total. The molecule has 1 aromatic heterocycles. The molecule has 0 N–H and O–H groups in total. The normalized spacial score (nSPS) is 16.2. The molecule has 2 aromatic carbocycles. The molecule has 0 unspecified atom stereocenters. The summed E-state index contributed by atoms with van der Waals surface area (Å²) in [6, 6.07) is 13.6. The molecule has 1 atom stereocenters. The summed E-state index contributed by atoms with van der Waals surface area (Å²) in [4.78, 5) is 26.2. The van der Waals surface area contributed by atoms with Crippen LogP contribution in [0.3, 0.4) is 0 Å². The Hall–Kier alpha value is -3.06. The van der Waals surface area contributed by atoms with Crippen LogP contribution in [0.5, 0.6) is 5.75 Å². The van der Waals surface area contributed by atoms with Gasteiger partial charge in [-0.3, -0.25) is 0 Å². The number of nitrogens with zero attached hydrogens (tertiary/aromatic N) is 1. The van der Waals surface area contributed by atoms with Crippen LogP contribution in [0.2, 0.25) is 0 Å². The number of esters is 1. The molecule has 2 heterocycles. The zero-order chi connectivity index (χ0) is 22.9. The Morgan fingerprint density at radius 2 is 1.91 bits per heavy atom. The van der Waals surface area contributed by atoms with Gasteiger partial charge < -0.3 is 19.1 Å². The van der Waals surface area contributed by atoms with Crippen molar-refractivity contribution in [2.75, 3.05) is 20.2 Å². The highest BCUT2D eigenvalue weighted by molar-refractivity contribution is 7.17. The Morgan fingerprint density at radius 1 is 1.09 bits per heavy atom. The molecule has 0 saturated carbocycles. The third-order valence-electron chi connectivity index (χ3n) is 5.26. The highest BCUT2D eigenvalue weighted by Gasteiger charge is 2.31. The maximum absolute atomic E-state index is 12.4. The average molecular weight is 454 g/mol. The van der Waals surface area contributed by atoms with E-state index in [1.54, 1.807) is 34.4 Å². The van der Waals surface area contributed by atoms with Gasteiger partial charge in [0.05, 0.1) is 19.2 Å². The minimum atomic E-state index is -0.534. The SMILES string of the molecule is COC(=O)c1ccc(O[C@H]2CCN(C(=O)OC(C)(C)C)C2)c(-c2ccc3ccsc3c2)c1. The van der Waals surface area contributed by atoms with E-state index < -0.39 is 11.6 Å². The van der Waals surface area contributed by atoms with Gasteiger partial charge in [0.2, 0.25) is 0 Å². The molecular formula is C25H27NO5S. The Morgan fingerprint density at radius 3 is 2.66 bits per heavy atom. The molecule has 4 rings (SSSR count). The number of amides is 1. The highest BCUT2D eigenvalue weighted by Crippen LogP contribution is 2.36. The van der Waals surface area contributed by atoms with Crippen molar-refractivity contribution < 1.29 is 23.8 Å². The monoisotopic (exact) mass is 453 g/mol. The number of likely N-dealkylation sites (tertiary alicyclic amines) is 1. The van der Waals surface area contributed by atoms with Gasteiger partial charge in [0.15, 0.2) is 0 Å². The van der Waals surface area contributed by atoms with Crippen molar-refractivity contribution in [1.29, 1.82) is 0 Å². The van der Waals surface area contributed by atoms with Crippen molar-refractivity contribution >= 4 is 33.5 Å². The van der Waals surface area contributed by atoms with E-state index in [2.05, 4.69) is 23.6 Å². The number of thiophene rings is 1. The summed E-state index contributed by atoms with van der Waals surface area (Å²) >= 11 is 1.67. The van der Waals surface area contributed by atoms with E-state index in [4.69, 9.17) is 14.2 Å². The lowest BCUT2D eigenvalue weighted by Crippen LogP contribution is -2.36. The predicted molar refractivity (Wildman–Crippen MR) is 125 cm³/mol. The lowest BCUT2D eigenvalue weighted by molar-refractivity contribution is 0.0275. The van der Waals surface area contributed by atoms with Crippen LogP contribution in [-0.4, -0.2) is 48.9 Å². The maximum Gasteiger partial charge on any atom is 0.410 e. The lowest BCUT2D eigenvalue weighted by atomic mass is 10.0. The topological polar surface area (TPSA) is 65.1 Å². The van der Waals surface area contributed by atoms with Gasteiger partial charge in [0.1, 0.15) is 17.5 Å². The van der Waals surface area contributed by atoms with E-state index in [1.165, 1.54) is 12.5 Å². The molecular weight excluding hydrogens is 426 g/mol. The van der Waals surface area contributed by atoms with Crippen molar-refractivity contribution in [1.82, 2.24) is 4.90 Å².